The molecule has 0 aliphatic heterocycles. The summed E-state index contributed by atoms with van der Waals surface area (Å²) in [5, 5.41) is 8.93. The van der Waals surface area contributed by atoms with Gasteiger partial charge in [0, 0.05) is 18.7 Å². The van der Waals surface area contributed by atoms with Crippen molar-refractivity contribution in [3.63, 3.8) is 0 Å². The van der Waals surface area contributed by atoms with Gasteiger partial charge < -0.3 is 5.11 Å². The van der Waals surface area contributed by atoms with Crippen molar-refractivity contribution in [1.82, 2.24) is 4.90 Å². The van der Waals surface area contributed by atoms with Crippen LogP contribution in [0.3, 0.4) is 0 Å². The molecular weight excluding hydrogens is 245 g/mol. The van der Waals surface area contributed by atoms with Crippen LogP contribution in [0.4, 0.5) is 4.39 Å². The second kappa shape index (κ2) is 6.15. The number of rotatable bonds is 7. The highest BCUT2D eigenvalue weighted by molar-refractivity contribution is 5.88. The Morgan fingerprint density at radius 1 is 1.47 bits per heavy atom. The number of benzene rings is 1. The molecule has 0 aromatic heterocycles. The normalized spacial score (nSPS) is 14.9. The number of hydrogen-bond donors (Lipinski definition) is 1. The summed E-state index contributed by atoms with van der Waals surface area (Å²) in [7, 11) is 0. The van der Waals surface area contributed by atoms with Crippen LogP contribution in [0.1, 0.15) is 42.1 Å². The molecule has 104 valence electrons. The molecule has 1 saturated carbocycles. The molecule has 0 amide bonds. The molecule has 0 bridgehead atoms. The molecule has 0 spiro atoms. The zero-order valence-corrected chi connectivity index (χ0v) is 11.2. The highest BCUT2D eigenvalue weighted by Crippen LogP contribution is 2.30. The minimum Gasteiger partial charge on any atom is -0.478 e. The summed E-state index contributed by atoms with van der Waals surface area (Å²) in [6, 6.07) is 4.60. The molecule has 0 unspecified atom stereocenters. The maximum atomic E-state index is 14.1. The summed E-state index contributed by atoms with van der Waals surface area (Å²) in [5.74, 6) is -1.05. The topological polar surface area (TPSA) is 40.5 Å². The van der Waals surface area contributed by atoms with Crippen molar-refractivity contribution in [3.05, 3.63) is 35.1 Å². The first kappa shape index (κ1) is 14.0. The van der Waals surface area contributed by atoms with Crippen LogP contribution in [-0.4, -0.2) is 29.1 Å². The second-order valence-corrected chi connectivity index (χ2v) is 5.26. The van der Waals surface area contributed by atoms with E-state index in [0.717, 1.165) is 25.4 Å². The summed E-state index contributed by atoms with van der Waals surface area (Å²) < 4.78 is 14.1. The Labute approximate surface area is 113 Å². The molecule has 1 N–H and O–H groups in total. The molecule has 0 radical (unpaired) electrons. The fourth-order valence-electron chi connectivity index (χ4n) is 2.32. The molecular formula is C15H20FNO2. The Bertz CT molecular complexity index is 457. The fourth-order valence-corrected chi connectivity index (χ4v) is 2.32. The highest BCUT2D eigenvalue weighted by atomic mass is 19.1. The monoisotopic (exact) mass is 265 g/mol. The van der Waals surface area contributed by atoms with Crippen molar-refractivity contribution < 1.29 is 14.3 Å². The first-order chi connectivity index (χ1) is 9.11. The van der Waals surface area contributed by atoms with Gasteiger partial charge in [0.05, 0.1) is 5.56 Å². The van der Waals surface area contributed by atoms with Crippen LogP contribution >= 0.6 is 0 Å². The van der Waals surface area contributed by atoms with Crippen molar-refractivity contribution >= 4 is 5.97 Å². The number of carboxylic acid groups (broad SMARTS) is 1. The molecule has 0 atom stereocenters. The van der Waals surface area contributed by atoms with Gasteiger partial charge in [-0.1, -0.05) is 19.1 Å². The van der Waals surface area contributed by atoms with Crippen molar-refractivity contribution in [2.75, 3.05) is 13.1 Å². The van der Waals surface area contributed by atoms with E-state index in [1.54, 1.807) is 12.1 Å². The molecule has 19 heavy (non-hydrogen) atoms. The van der Waals surface area contributed by atoms with E-state index in [1.807, 2.05) is 0 Å². The van der Waals surface area contributed by atoms with Gasteiger partial charge in [0.25, 0.3) is 0 Å². The number of carboxylic acids is 1. The van der Waals surface area contributed by atoms with Crippen molar-refractivity contribution in [1.29, 1.82) is 0 Å². The number of nitrogens with zero attached hydrogens (tertiary/aromatic N) is 1. The Balaban J connectivity index is 2.11. The first-order valence-electron chi connectivity index (χ1n) is 6.84. The second-order valence-electron chi connectivity index (χ2n) is 5.26. The minimum absolute atomic E-state index is 0.236. The standard InChI is InChI=1S/C15H20FNO2/c1-2-8-17(9-11-6-7-11)10-12-4-3-5-13(14(12)16)15(18)19/h3-5,11H,2,6-10H2,1H3,(H,18,19). The van der Waals surface area contributed by atoms with Crippen molar-refractivity contribution in [2.45, 2.75) is 32.7 Å². The quantitative estimate of drug-likeness (QED) is 0.823. The average molecular weight is 265 g/mol. The lowest BCUT2D eigenvalue weighted by Crippen LogP contribution is -2.27. The van der Waals surface area contributed by atoms with E-state index in [4.69, 9.17) is 5.11 Å². The van der Waals surface area contributed by atoms with Crippen LogP contribution in [0.25, 0.3) is 0 Å². The van der Waals surface area contributed by atoms with Gasteiger partial charge in [-0.05, 0) is 37.8 Å². The Kier molecular flexibility index (Phi) is 4.53. The van der Waals surface area contributed by atoms with E-state index < -0.39 is 11.8 Å². The summed E-state index contributed by atoms with van der Waals surface area (Å²) >= 11 is 0. The third-order valence-electron chi connectivity index (χ3n) is 3.46. The van der Waals surface area contributed by atoms with Crippen LogP contribution in [0.2, 0.25) is 0 Å². The molecule has 1 aromatic rings. The molecule has 1 fully saturated rings. The van der Waals surface area contributed by atoms with Gasteiger partial charge >= 0.3 is 5.97 Å². The van der Waals surface area contributed by atoms with E-state index in [1.165, 1.54) is 18.9 Å². The Morgan fingerprint density at radius 2 is 2.21 bits per heavy atom. The molecule has 1 aromatic carbocycles. The van der Waals surface area contributed by atoms with E-state index >= 15 is 0 Å². The summed E-state index contributed by atoms with van der Waals surface area (Å²) in [4.78, 5) is 13.1. The first-order valence-corrected chi connectivity index (χ1v) is 6.84. The van der Waals surface area contributed by atoms with Crippen LogP contribution in [0.5, 0.6) is 0 Å². The van der Waals surface area contributed by atoms with Crippen LogP contribution < -0.4 is 0 Å². The fraction of sp³-hybridized carbons (Fsp3) is 0.533. The van der Waals surface area contributed by atoms with Crippen molar-refractivity contribution in [2.24, 2.45) is 5.92 Å². The molecule has 1 aliphatic carbocycles. The summed E-state index contributed by atoms with van der Waals surface area (Å²) in [5.41, 5.74) is 0.245. The third-order valence-corrected chi connectivity index (χ3v) is 3.46. The van der Waals surface area contributed by atoms with Gasteiger partial charge in [0.1, 0.15) is 5.82 Å². The lowest BCUT2D eigenvalue weighted by Gasteiger charge is -2.22. The predicted octanol–water partition coefficient (Wildman–Crippen LogP) is 3.15. The van der Waals surface area contributed by atoms with E-state index in [9.17, 15) is 9.18 Å². The lowest BCUT2D eigenvalue weighted by molar-refractivity contribution is 0.0691. The smallest absolute Gasteiger partial charge is 0.338 e. The lowest BCUT2D eigenvalue weighted by atomic mass is 10.1. The number of halogens is 1. The average Bonchev–Trinajstić information content (AvgIpc) is 3.15. The Hall–Kier alpha value is -1.42. The molecule has 2 rings (SSSR count). The zero-order chi connectivity index (χ0) is 13.8. The van der Waals surface area contributed by atoms with E-state index in [0.29, 0.717) is 12.1 Å². The SMILES string of the molecule is CCCN(Cc1cccc(C(=O)O)c1F)CC1CC1. The molecule has 3 nitrogen and oxygen atoms in total. The molecule has 0 heterocycles. The van der Waals surface area contributed by atoms with Gasteiger partial charge in [-0.25, -0.2) is 9.18 Å². The van der Waals surface area contributed by atoms with Gasteiger partial charge in [-0.2, -0.15) is 0 Å². The third kappa shape index (κ3) is 3.77. The molecule has 0 saturated heterocycles. The number of carbonyl (C=O) groups is 1. The Morgan fingerprint density at radius 3 is 2.79 bits per heavy atom. The number of hydrogen-bond acceptors (Lipinski definition) is 2. The molecule has 1 aliphatic rings. The largest absolute Gasteiger partial charge is 0.478 e. The summed E-state index contributed by atoms with van der Waals surface area (Å²) in [6.45, 7) is 4.51. The van der Waals surface area contributed by atoms with Gasteiger partial charge in [-0.15, -0.1) is 0 Å². The van der Waals surface area contributed by atoms with Gasteiger partial charge in [0.15, 0.2) is 0 Å². The number of aromatic carboxylic acids is 1. The summed E-state index contributed by atoms with van der Waals surface area (Å²) in [6.07, 6.45) is 3.54. The van der Waals surface area contributed by atoms with Gasteiger partial charge in [0.2, 0.25) is 0 Å². The predicted molar refractivity (Wildman–Crippen MR) is 71.7 cm³/mol. The van der Waals surface area contributed by atoms with Crippen LogP contribution in [-0.2, 0) is 6.54 Å². The van der Waals surface area contributed by atoms with Gasteiger partial charge in [-0.3, -0.25) is 4.90 Å². The minimum atomic E-state index is -1.21. The van der Waals surface area contributed by atoms with E-state index in [-0.39, 0.29) is 5.56 Å². The van der Waals surface area contributed by atoms with E-state index in [2.05, 4.69) is 11.8 Å². The maximum Gasteiger partial charge on any atom is 0.338 e. The maximum absolute atomic E-state index is 14.1. The van der Waals surface area contributed by atoms with Crippen LogP contribution in [0, 0.1) is 11.7 Å². The highest BCUT2D eigenvalue weighted by Gasteiger charge is 2.24. The molecule has 4 heteroatoms. The van der Waals surface area contributed by atoms with Crippen LogP contribution in [0.15, 0.2) is 18.2 Å². The van der Waals surface area contributed by atoms with Crippen molar-refractivity contribution in [3.8, 4) is 0 Å². The zero-order valence-electron chi connectivity index (χ0n) is 11.2.